The number of benzene rings is 4. The zero-order valence-corrected chi connectivity index (χ0v) is 24.8. The van der Waals surface area contributed by atoms with Gasteiger partial charge >= 0.3 is 0 Å². The highest BCUT2D eigenvalue weighted by Crippen LogP contribution is 2.25. The van der Waals surface area contributed by atoms with Crippen molar-refractivity contribution < 1.29 is 19.5 Å². The lowest BCUT2D eigenvalue weighted by molar-refractivity contribution is -0.134. The van der Waals surface area contributed by atoms with Crippen molar-refractivity contribution in [3.8, 4) is 5.75 Å². The maximum Gasteiger partial charge on any atom is 0.275 e. The van der Waals surface area contributed by atoms with Crippen LogP contribution >= 0.6 is 0 Å². The molecule has 0 aliphatic rings. The average Bonchev–Trinajstić information content (AvgIpc) is 3.03. The normalized spacial score (nSPS) is 12.1. The molecule has 4 rings (SSSR count). The van der Waals surface area contributed by atoms with Gasteiger partial charge < -0.3 is 10.0 Å². The van der Waals surface area contributed by atoms with Crippen LogP contribution in [0.15, 0.2) is 102 Å². The predicted molar refractivity (Wildman–Crippen MR) is 171 cm³/mol. The van der Waals surface area contributed by atoms with E-state index in [4.69, 9.17) is 0 Å². The Labute approximate surface area is 253 Å². The second-order valence-corrected chi connectivity index (χ2v) is 10.7. The second-order valence-electron chi connectivity index (χ2n) is 10.7. The van der Waals surface area contributed by atoms with E-state index in [1.54, 1.807) is 17.0 Å². The molecule has 1 atom stereocenters. The number of Topliss-reactive ketones (excluding diaryl/α,β-unsaturated/α-hetero) is 1. The lowest BCUT2D eigenvalue weighted by Crippen LogP contribution is -2.32. The zero-order valence-electron chi connectivity index (χ0n) is 24.8. The fraction of sp³-hybridized carbons (Fsp3) is 0.278. The van der Waals surface area contributed by atoms with E-state index in [1.807, 2.05) is 98.8 Å². The quantitative estimate of drug-likeness (QED) is 0.124. The molecule has 0 bridgehead atoms. The van der Waals surface area contributed by atoms with Crippen LogP contribution < -0.4 is 5.43 Å². The van der Waals surface area contributed by atoms with Crippen molar-refractivity contribution in [2.45, 2.75) is 59.0 Å². The lowest BCUT2D eigenvalue weighted by Gasteiger charge is -2.24. The Bertz CT molecular complexity index is 1530. The monoisotopic (exact) mass is 577 g/mol. The molecule has 0 aromatic heterocycles. The van der Waals surface area contributed by atoms with Gasteiger partial charge in [0.15, 0.2) is 0 Å². The number of amides is 2. The maximum absolute atomic E-state index is 13.4. The molecular formula is C36H39N3O4. The van der Waals surface area contributed by atoms with Crippen LogP contribution in [0.1, 0.15) is 67.4 Å². The van der Waals surface area contributed by atoms with Gasteiger partial charge in [-0.3, -0.25) is 14.4 Å². The van der Waals surface area contributed by atoms with Crippen molar-refractivity contribution in [1.29, 1.82) is 0 Å². The summed E-state index contributed by atoms with van der Waals surface area (Å²) in [6.07, 6.45) is 1.93. The molecule has 0 saturated heterocycles. The summed E-state index contributed by atoms with van der Waals surface area (Å²) in [6, 6.07) is 30.3. The molecule has 43 heavy (non-hydrogen) atoms. The number of carbonyl (C=O) groups is 3. The van der Waals surface area contributed by atoms with E-state index in [1.165, 1.54) is 0 Å². The molecule has 0 fully saturated rings. The van der Waals surface area contributed by atoms with Crippen molar-refractivity contribution in [3.05, 3.63) is 114 Å². The van der Waals surface area contributed by atoms with Crippen LogP contribution in [0.2, 0.25) is 0 Å². The van der Waals surface area contributed by atoms with Crippen LogP contribution in [0.3, 0.4) is 0 Å². The highest BCUT2D eigenvalue weighted by molar-refractivity contribution is 6.07. The Kier molecular flexibility index (Phi) is 11.2. The molecule has 0 aliphatic heterocycles. The van der Waals surface area contributed by atoms with E-state index in [0.29, 0.717) is 31.6 Å². The molecule has 4 aromatic rings. The van der Waals surface area contributed by atoms with Gasteiger partial charge in [0.25, 0.3) is 5.91 Å². The lowest BCUT2D eigenvalue weighted by atomic mass is 9.90. The Balaban J connectivity index is 1.44. The number of nitrogens with zero attached hydrogens (tertiary/aromatic N) is 2. The average molecular weight is 578 g/mol. The highest BCUT2D eigenvalue weighted by atomic mass is 16.3. The molecule has 2 N–H and O–H groups in total. The number of carbonyl (C=O) groups excluding carboxylic acids is 3. The number of hydrogen-bond acceptors (Lipinski definition) is 5. The summed E-state index contributed by atoms with van der Waals surface area (Å²) < 4.78 is 0. The van der Waals surface area contributed by atoms with Crippen molar-refractivity contribution in [2.75, 3.05) is 0 Å². The largest absolute Gasteiger partial charge is 0.507 e. The molecule has 222 valence electrons. The van der Waals surface area contributed by atoms with Crippen LogP contribution in [-0.2, 0) is 22.7 Å². The first-order valence-corrected chi connectivity index (χ1v) is 14.9. The molecule has 4 aromatic carbocycles. The molecule has 0 spiro atoms. The number of ketones is 1. The van der Waals surface area contributed by atoms with Gasteiger partial charge in [-0.15, -0.1) is 0 Å². The number of nitrogens with one attached hydrogen (secondary N) is 1. The standard InChI is InChI=1S/C36H39N3O4/c1-3-13-32(37-38-36(43)31-22-28-18-11-12-19-29(28)23-34(31)41)30(4-2)33(40)20-21-35(42)39(24-26-14-7-5-8-15-26)25-27-16-9-6-10-17-27/h5-12,14-19,22-23,30,41H,3-4,13,20-21,24-25H2,1-2H3,(H,38,43)/b37-32+. The van der Waals surface area contributed by atoms with Crippen LogP contribution in [0, 0.1) is 5.92 Å². The fourth-order valence-electron chi connectivity index (χ4n) is 5.21. The SMILES string of the molecule is CCC/C(=N\NC(=O)c1cc2ccccc2cc1O)C(CC)C(=O)CCC(=O)N(Cc1ccccc1)Cc1ccccc1. The molecule has 0 saturated carbocycles. The number of aromatic hydroxyl groups is 1. The van der Waals surface area contributed by atoms with Gasteiger partial charge in [-0.25, -0.2) is 5.43 Å². The van der Waals surface area contributed by atoms with Gasteiger partial charge in [-0.1, -0.05) is 105 Å². The second kappa shape index (κ2) is 15.4. The van der Waals surface area contributed by atoms with Gasteiger partial charge in [0.05, 0.1) is 11.5 Å². The zero-order chi connectivity index (χ0) is 30.6. The first kappa shape index (κ1) is 31.2. The Hall–Kier alpha value is -4.78. The summed E-state index contributed by atoms with van der Waals surface area (Å²) in [6.45, 7) is 4.80. The van der Waals surface area contributed by atoms with Crippen molar-refractivity contribution in [1.82, 2.24) is 10.3 Å². The molecule has 2 amide bonds. The van der Waals surface area contributed by atoms with Crippen LogP contribution in [0.4, 0.5) is 0 Å². The first-order chi connectivity index (χ1) is 20.9. The van der Waals surface area contributed by atoms with Gasteiger partial charge in [0.1, 0.15) is 11.5 Å². The summed E-state index contributed by atoms with van der Waals surface area (Å²) in [5, 5.41) is 16.5. The van der Waals surface area contributed by atoms with Crippen LogP contribution in [-0.4, -0.2) is 33.3 Å². The first-order valence-electron chi connectivity index (χ1n) is 14.9. The third-order valence-electron chi connectivity index (χ3n) is 7.49. The fourth-order valence-corrected chi connectivity index (χ4v) is 5.21. The van der Waals surface area contributed by atoms with E-state index in [9.17, 15) is 19.5 Å². The van der Waals surface area contributed by atoms with E-state index < -0.39 is 11.8 Å². The minimum absolute atomic E-state index is 0.0785. The van der Waals surface area contributed by atoms with Gasteiger partial charge in [-0.2, -0.15) is 5.10 Å². The predicted octanol–water partition coefficient (Wildman–Crippen LogP) is 7.04. The van der Waals surface area contributed by atoms with E-state index in [0.717, 1.165) is 28.3 Å². The number of hydrazone groups is 1. The van der Waals surface area contributed by atoms with Gasteiger partial charge in [-0.05, 0) is 46.9 Å². The summed E-state index contributed by atoms with van der Waals surface area (Å²) >= 11 is 0. The van der Waals surface area contributed by atoms with E-state index in [2.05, 4.69) is 10.5 Å². The van der Waals surface area contributed by atoms with Gasteiger partial charge in [0, 0.05) is 31.6 Å². The number of phenols is 1. The van der Waals surface area contributed by atoms with Crippen LogP contribution in [0.5, 0.6) is 5.75 Å². The molecule has 7 nitrogen and oxygen atoms in total. The maximum atomic E-state index is 13.4. The summed E-state index contributed by atoms with van der Waals surface area (Å²) in [4.78, 5) is 41.6. The number of hydrogen-bond donors (Lipinski definition) is 2. The molecule has 0 heterocycles. The molecule has 7 heteroatoms. The Morgan fingerprint density at radius 2 is 1.33 bits per heavy atom. The summed E-state index contributed by atoms with van der Waals surface area (Å²) in [7, 11) is 0. The third kappa shape index (κ3) is 8.61. The summed E-state index contributed by atoms with van der Waals surface area (Å²) in [5.74, 6) is -1.38. The molecule has 1 unspecified atom stereocenters. The van der Waals surface area contributed by atoms with E-state index >= 15 is 0 Å². The van der Waals surface area contributed by atoms with E-state index in [-0.39, 0.29) is 35.8 Å². The van der Waals surface area contributed by atoms with Crippen molar-refractivity contribution in [2.24, 2.45) is 11.0 Å². The van der Waals surface area contributed by atoms with Gasteiger partial charge in [0.2, 0.25) is 5.91 Å². The number of fused-ring (bicyclic) bond motifs is 1. The third-order valence-corrected chi connectivity index (χ3v) is 7.49. The number of phenolic OH excluding ortho intramolecular Hbond substituents is 1. The topological polar surface area (TPSA) is 99.1 Å². The van der Waals surface area contributed by atoms with Crippen molar-refractivity contribution >= 4 is 34.1 Å². The number of rotatable bonds is 14. The summed E-state index contributed by atoms with van der Waals surface area (Å²) in [5.41, 5.74) is 5.29. The minimum Gasteiger partial charge on any atom is -0.507 e. The molecular weight excluding hydrogens is 538 g/mol. The van der Waals surface area contributed by atoms with Crippen LogP contribution in [0.25, 0.3) is 10.8 Å². The van der Waals surface area contributed by atoms with Crippen molar-refractivity contribution in [3.63, 3.8) is 0 Å². The molecule has 0 radical (unpaired) electrons. The highest BCUT2D eigenvalue weighted by Gasteiger charge is 2.25. The molecule has 0 aliphatic carbocycles. The smallest absolute Gasteiger partial charge is 0.275 e. The Morgan fingerprint density at radius 1 is 0.767 bits per heavy atom. The Morgan fingerprint density at radius 3 is 1.88 bits per heavy atom. The minimum atomic E-state index is -0.549.